The van der Waals surface area contributed by atoms with Crippen molar-refractivity contribution >= 4 is 29.2 Å². The number of carbonyl (C=O) groups excluding carboxylic acids is 2. The Kier molecular flexibility index (Phi) is 3.14. The van der Waals surface area contributed by atoms with Gasteiger partial charge in [-0.2, -0.15) is 0 Å². The number of halogens is 1. The molecule has 1 atom stereocenters. The minimum atomic E-state index is -0.427. The van der Waals surface area contributed by atoms with Crippen molar-refractivity contribution < 1.29 is 9.59 Å². The molecule has 4 N–H and O–H groups in total. The van der Waals surface area contributed by atoms with Crippen LogP contribution in [0.15, 0.2) is 12.1 Å². The van der Waals surface area contributed by atoms with Crippen LogP contribution in [0.4, 0.5) is 5.82 Å². The number of pyridine rings is 1. The highest BCUT2D eigenvalue weighted by Crippen LogP contribution is 2.15. The van der Waals surface area contributed by atoms with Crippen LogP contribution in [0.2, 0.25) is 5.02 Å². The summed E-state index contributed by atoms with van der Waals surface area (Å²) in [6.45, 7) is 0.421. The first-order valence-electron chi connectivity index (χ1n) is 5.06. The van der Waals surface area contributed by atoms with Crippen LogP contribution in [0.3, 0.4) is 0 Å². The molecule has 1 aromatic heterocycles. The SMILES string of the molecule is Nc1ccc(Cl)c(C(=O)NC2CNC(=O)C2)n1. The molecule has 1 aliphatic heterocycles. The molecule has 0 aliphatic carbocycles. The molecule has 0 bridgehead atoms. The van der Waals surface area contributed by atoms with E-state index in [4.69, 9.17) is 17.3 Å². The molecule has 1 fully saturated rings. The Morgan fingerprint density at radius 2 is 2.35 bits per heavy atom. The van der Waals surface area contributed by atoms with E-state index in [-0.39, 0.29) is 34.9 Å². The molecule has 2 heterocycles. The topological polar surface area (TPSA) is 97.1 Å². The first-order valence-corrected chi connectivity index (χ1v) is 5.43. The number of nitrogens with two attached hydrogens (primary N) is 1. The van der Waals surface area contributed by atoms with Crippen LogP contribution in [0.25, 0.3) is 0 Å². The van der Waals surface area contributed by atoms with E-state index in [2.05, 4.69) is 15.6 Å². The Bertz CT molecular complexity index is 477. The summed E-state index contributed by atoms with van der Waals surface area (Å²) in [5.41, 5.74) is 5.55. The van der Waals surface area contributed by atoms with E-state index >= 15 is 0 Å². The van der Waals surface area contributed by atoms with Crippen LogP contribution >= 0.6 is 11.6 Å². The molecule has 1 aliphatic rings. The van der Waals surface area contributed by atoms with E-state index in [1.807, 2.05) is 0 Å². The van der Waals surface area contributed by atoms with Crippen molar-refractivity contribution in [1.29, 1.82) is 0 Å². The molecule has 1 unspecified atom stereocenters. The van der Waals surface area contributed by atoms with Gasteiger partial charge in [-0.25, -0.2) is 4.98 Å². The number of anilines is 1. The second-order valence-electron chi connectivity index (χ2n) is 3.75. The van der Waals surface area contributed by atoms with Crippen LogP contribution in [-0.4, -0.2) is 29.4 Å². The highest BCUT2D eigenvalue weighted by molar-refractivity contribution is 6.33. The third kappa shape index (κ3) is 2.65. The number of rotatable bonds is 2. The molecule has 0 aromatic carbocycles. The van der Waals surface area contributed by atoms with E-state index in [1.54, 1.807) is 0 Å². The van der Waals surface area contributed by atoms with Gasteiger partial charge in [0.1, 0.15) is 11.5 Å². The first kappa shape index (κ1) is 11.7. The fourth-order valence-corrected chi connectivity index (χ4v) is 1.77. The fourth-order valence-electron chi connectivity index (χ4n) is 1.58. The maximum Gasteiger partial charge on any atom is 0.271 e. The molecular weight excluding hydrogens is 244 g/mol. The molecule has 17 heavy (non-hydrogen) atoms. The average molecular weight is 255 g/mol. The number of hydrogen-bond acceptors (Lipinski definition) is 4. The molecule has 90 valence electrons. The van der Waals surface area contributed by atoms with Crippen molar-refractivity contribution in [3.05, 3.63) is 22.8 Å². The smallest absolute Gasteiger partial charge is 0.271 e. The largest absolute Gasteiger partial charge is 0.384 e. The minimum absolute atomic E-state index is 0.0750. The van der Waals surface area contributed by atoms with Gasteiger partial charge in [-0.1, -0.05) is 11.6 Å². The lowest BCUT2D eigenvalue weighted by Gasteiger charge is -2.10. The summed E-state index contributed by atoms with van der Waals surface area (Å²) in [7, 11) is 0. The number of carbonyl (C=O) groups is 2. The van der Waals surface area contributed by atoms with Crippen LogP contribution in [0.5, 0.6) is 0 Å². The van der Waals surface area contributed by atoms with Gasteiger partial charge in [0.05, 0.1) is 11.1 Å². The molecule has 1 aromatic rings. The lowest BCUT2D eigenvalue weighted by molar-refractivity contribution is -0.119. The van der Waals surface area contributed by atoms with Crippen LogP contribution in [0.1, 0.15) is 16.9 Å². The summed E-state index contributed by atoms with van der Waals surface area (Å²) in [4.78, 5) is 26.7. The monoisotopic (exact) mass is 254 g/mol. The summed E-state index contributed by atoms with van der Waals surface area (Å²) < 4.78 is 0. The summed E-state index contributed by atoms with van der Waals surface area (Å²) >= 11 is 5.84. The van der Waals surface area contributed by atoms with Gasteiger partial charge in [0.2, 0.25) is 5.91 Å². The lowest BCUT2D eigenvalue weighted by Crippen LogP contribution is -2.36. The molecule has 6 nitrogen and oxygen atoms in total. The van der Waals surface area contributed by atoms with E-state index < -0.39 is 5.91 Å². The molecule has 1 saturated heterocycles. The van der Waals surface area contributed by atoms with Crippen LogP contribution in [0, 0.1) is 0 Å². The standard InChI is InChI=1S/C10H11ClN4O2/c11-6-1-2-7(12)15-9(6)10(17)14-5-3-8(16)13-4-5/h1-2,5H,3-4H2,(H2,12,15)(H,13,16)(H,14,17). The van der Waals surface area contributed by atoms with Crippen molar-refractivity contribution in [2.45, 2.75) is 12.5 Å². The summed E-state index contributed by atoms with van der Waals surface area (Å²) in [5, 5.41) is 5.52. The normalized spacial score (nSPS) is 18.9. The van der Waals surface area contributed by atoms with E-state index in [9.17, 15) is 9.59 Å². The number of aromatic nitrogens is 1. The maximum atomic E-state index is 11.8. The van der Waals surface area contributed by atoms with Crippen molar-refractivity contribution in [1.82, 2.24) is 15.6 Å². The molecule has 7 heteroatoms. The highest BCUT2D eigenvalue weighted by atomic mass is 35.5. The van der Waals surface area contributed by atoms with Gasteiger partial charge in [0.15, 0.2) is 0 Å². The zero-order valence-corrected chi connectivity index (χ0v) is 9.62. The van der Waals surface area contributed by atoms with Crippen molar-refractivity contribution in [2.24, 2.45) is 0 Å². The number of nitrogens with one attached hydrogen (secondary N) is 2. The Labute approximate surface area is 103 Å². The molecule has 2 rings (SSSR count). The van der Waals surface area contributed by atoms with E-state index in [1.165, 1.54) is 12.1 Å². The maximum absolute atomic E-state index is 11.8. The van der Waals surface area contributed by atoms with Gasteiger partial charge in [-0.05, 0) is 12.1 Å². The Morgan fingerprint density at radius 1 is 1.59 bits per heavy atom. The van der Waals surface area contributed by atoms with Gasteiger partial charge in [0, 0.05) is 13.0 Å². The predicted octanol–water partition coefficient (Wildman–Crippen LogP) is -0.0645. The van der Waals surface area contributed by atoms with Crippen molar-refractivity contribution in [3.8, 4) is 0 Å². The Morgan fingerprint density at radius 3 is 3.00 bits per heavy atom. The van der Waals surface area contributed by atoms with Gasteiger partial charge in [-0.15, -0.1) is 0 Å². The zero-order chi connectivity index (χ0) is 12.4. The van der Waals surface area contributed by atoms with Crippen molar-refractivity contribution in [3.63, 3.8) is 0 Å². The third-order valence-electron chi connectivity index (χ3n) is 2.40. The molecule has 0 spiro atoms. The quantitative estimate of drug-likeness (QED) is 0.689. The summed E-state index contributed by atoms with van der Waals surface area (Å²) in [5.74, 6) is -0.286. The Hall–Kier alpha value is -1.82. The van der Waals surface area contributed by atoms with E-state index in [0.29, 0.717) is 6.54 Å². The summed E-state index contributed by atoms with van der Waals surface area (Å²) in [6, 6.07) is 2.80. The first-order chi connectivity index (χ1) is 8.06. The minimum Gasteiger partial charge on any atom is -0.384 e. The van der Waals surface area contributed by atoms with E-state index in [0.717, 1.165) is 0 Å². The van der Waals surface area contributed by atoms with Gasteiger partial charge < -0.3 is 16.4 Å². The predicted molar refractivity (Wildman–Crippen MR) is 62.5 cm³/mol. The van der Waals surface area contributed by atoms with Gasteiger partial charge in [-0.3, -0.25) is 9.59 Å². The zero-order valence-electron chi connectivity index (χ0n) is 8.87. The second kappa shape index (κ2) is 4.58. The summed E-state index contributed by atoms with van der Waals surface area (Å²) in [6.07, 6.45) is 0.270. The molecule has 0 radical (unpaired) electrons. The van der Waals surface area contributed by atoms with Gasteiger partial charge in [0.25, 0.3) is 5.91 Å². The fraction of sp³-hybridized carbons (Fsp3) is 0.300. The average Bonchev–Trinajstić information content (AvgIpc) is 2.67. The van der Waals surface area contributed by atoms with Crippen LogP contribution < -0.4 is 16.4 Å². The number of nitrogen functional groups attached to an aromatic ring is 1. The number of amides is 2. The van der Waals surface area contributed by atoms with Crippen LogP contribution in [-0.2, 0) is 4.79 Å². The Balaban J connectivity index is 2.09. The third-order valence-corrected chi connectivity index (χ3v) is 2.70. The molecular formula is C10H11ClN4O2. The number of nitrogens with zero attached hydrogens (tertiary/aromatic N) is 1. The van der Waals surface area contributed by atoms with Gasteiger partial charge >= 0.3 is 0 Å². The molecule has 2 amide bonds. The van der Waals surface area contributed by atoms with Crippen molar-refractivity contribution in [2.75, 3.05) is 12.3 Å². The number of hydrogen-bond donors (Lipinski definition) is 3. The lowest BCUT2D eigenvalue weighted by atomic mass is 10.2. The second-order valence-corrected chi connectivity index (χ2v) is 4.15. The highest BCUT2D eigenvalue weighted by Gasteiger charge is 2.24. The molecule has 0 saturated carbocycles.